The van der Waals surface area contributed by atoms with Crippen LogP contribution in [0.5, 0.6) is 0 Å². The van der Waals surface area contributed by atoms with Crippen molar-refractivity contribution in [2.45, 2.75) is 44.7 Å². The van der Waals surface area contributed by atoms with Gasteiger partial charge in [0.15, 0.2) is 0 Å². The van der Waals surface area contributed by atoms with Crippen LogP contribution in [-0.4, -0.2) is 25.2 Å². The van der Waals surface area contributed by atoms with E-state index in [0.29, 0.717) is 11.6 Å². The molecule has 1 fully saturated rings. The topological polar surface area (TPSA) is 64.3 Å². The molecule has 0 aliphatic heterocycles. The summed E-state index contributed by atoms with van der Waals surface area (Å²) in [5, 5.41) is 3.51. The molecule has 104 valence electrons. The number of hydrogen-bond donors (Lipinski definition) is 2. The zero-order chi connectivity index (χ0) is 13.8. The van der Waals surface area contributed by atoms with Gasteiger partial charge in [-0.25, -0.2) is 4.79 Å². The van der Waals surface area contributed by atoms with Gasteiger partial charge in [-0.05, 0) is 50.3 Å². The summed E-state index contributed by atoms with van der Waals surface area (Å²) in [4.78, 5) is 11.6. The van der Waals surface area contributed by atoms with Crippen molar-refractivity contribution >= 4 is 11.7 Å². The van der Waals surface area contributed by atoms with E-state index in [4.69, 9.17) is 10.5 Å². The lowest BCUT2D eigenvalue weighted by atomic mass is 9.91. The minimum absolute atomic E-state index is 0.287. The van der Waals surface area contributed by atoms with E-state index in [-0.39, 0.29) is 12.0 Å². The highest BCUT2D eigenvalue weighted by Crippen LogP contribution is 2.24. The van der Waals surface area contributed by atoms with Gasteiger partial charge in [0.25, 0.3) is 0 Å². The molecule has 4 heteroatoms. The second-order valence-corrected chi connectivity index (χ2v) is 5.29. The molecular weight excluding hydrogens is 240 g/mol. The summed E-state index contributed by atoms with van der Waals surface area (Å²) in [5.74, 6) is -0.302. The Morgan fingerprint density at radius 2 is 2.21 bits per heavy atom. The fourth-order valence-electron chi connectivity index (χ4n) is 2.60. The Morgan fingerprint density at radius 3 is 2.89 bits per heavy atom. The molecule has 0 radical (unpaired) electrons. The first kappa shape index (κ1) is 13.9. The molecule has 1 aliphatic carbocycles. The van der Waals surface area contributed by atoms with Crippen LogP contribution in [0.25, 0.3) is 0 Å². The summed E-state index contributed by atoms with van der Waals surface area (Å²) >= 11 is 0. The molecule has 0 aromatic heterocycles. The number of benzene rings is 1. The number of rotatable bonds is 3. The van der Waals surface area contributed by atoms with E-state index < -0.39 is 0 Å². The second kappa shape index (κ2) is 6.06. The van der Waals surface area contributed by atoms with E-state index >= 15 is 0 Å². The quantitative estimate of drug-likeness (QED) is 0.821. The maximum atomic E-state index is 11.6. The molecule has 0 heterocycles. The predicted molar refractivity (Wildman–Crippen MR) is 76.4 cm³/mol. The Labute approximate surface area is 114 Å². The molecule has 1 aromatic rings. The minimum Gasteiger partial charge on any atom is -0.465 e. The molecule has 0 saturated heterocycles. The van der Waals surface area contributed by atoms with E-state index in [1.165, 1.54) is 7.11 Å². The van der Waals surface area contributed by atoms with Crippen LogP contribution in [0.2, 0.25) is 0 Å². The predicted octanol–water partition coefficient (Wildman–Crippen LogP) is 2.46. The van der Waals surface area contributed by atoms with E-state index in [0.717, 1.165) is 36.9 Å². The van der Waals surface area contributed by atoms with Crippen LogP contribution < -0.4 is 11.1 Å². The van der Waals surface area contributed by atoms with E-state index in [1.54, 1.807) is 6.07 Å². The SMILES string of the molecule is COC(=O)c1ccc(C)c(NC2CCCC(N)C2)c1. The standard InChI is InChI=1S/C15H22N2O2/c1-10-6-7-11(15(18)19-2)8-14(10)17-13-5-3-4-12(16)9-13/h6-8,12-13,17H,3-5,9,16H2,1-2H3. The number of hydrogen-bond acceptors (Lipinski definition) is 4. The van der Waals surface area contributed by atoms with Gasteiger partial charge in [-0.3, -0.25) is 0 Å². The van der Waals surface area contributed by atoms with Crippen LogP contribution in [0.3, 0.4) is 0 Å². The minimum atomic E-state index is -0.302. The largest absolute Gasteiger partial charge is 0.465 e. The maximum absolute atomic E-state index is 11.6. The molecule has 2 rings (SSSR count). The van der Waals surface area contributed by atoms with Gasteiger partial charge in [0.2, 0.25) is 0 Å². The molecule has 0 spiro atoms. The summed E-state index contributed by atoms with van der Waals surface area (Å²) < 4.78 is 4.75. The highest BCUT2D eigenvalue weighted by atomic mass is 16.5. The van der Waals surface area contributed by atoms with Gasteiger partial charge in [0.05, 0.1) is 12.7 Å². The first-order valence-electron chi connectivity index (χ1n) is 6.81. The lowest BCUT2D eigenvalue weighted by Crippen LogP contribution is -2.35. The average molecular weight is 262 g/mol. The third-order valence-corrected chi connectivity index (χ3v) is 3.73. The van der Waals surface area contributed by atoms with Crippen LogP contribution in [0.15, 0.2) is 18.2 Å². The van der Waals surface area contributed by atoms with E-state index in [2.05, 4.69) is 5.32 Å². The molecule has 0 bridgehead atoms. The van der Waals surface area contributed by atoms with Gasteiger partial charge >= 0.3 is 5.97 Å². The number of methoxy groups -OCH3 is 1. The Hall–Kier alpha value is -1.55. The molecule has 1 aliphatic rings. The zero-order valence-corrected chi connectivity index (χ0v) is 11.6. The first-order valence-corrected chi connectivity index (χ1v) is 6.81. The van der Waals surface area contributed by atoms with Gasteiger partial charge in [0, 0.05) is 17.8 Å². The van der Waals surface area contributed by atoms with Crippen LogP contribution in [0.4, 0.5) is 5.69 Å². The first-order chi connectivity index (χ1) is 9.10. The number of carbonyl (C=O) groups is 1. The van der Waals surface area contributed by atoms with Crippen LogP contribution in [-0.2, 0) is 4.74 Å². The molecule has 2 unspecified atom stereocenters. The van der Waals surface area contributed by atoms with Crippen LogP contribution in [0.1, 0.15) is 41.6 Å². The lowest BCUT2D eigenvalue weighted by molar-refractivity contribution is 0.0601. The Balaban J connectivity index is 2.12. The third kappa shape index (κ3) is 3.47. The zero-order valence-electron chi connectivity index (χ0n) is 11.6. The van der Waals surface area contributed by atoms with Crippen LogP contribution >= 0.6 is 0 Å². The molecule has 2 atom stereocenters. The second-order valence-electron chi connectivity index (χ2n) is 5.29. The van der Waals surface area contributed by atoms with Gasteiger partial charge in [-0.2, -0.15) is 0 Å². The van der Waals surface area contributed by atoms with E-state index in [1.807, 2.05) is 19.1 Å². The highest BCUT2D eigenvalue weighted by molar-refractivity contribution is 5.90. The van der Waals surface area contributed by atoms with Crippen molar-refractivity contribution in [3.8, 4) is 0 Å². The monoisotopic (exact) mass is 262 g/mol. The fourth-order valence-corrected chi connectivity index (χ4v) is 2.60. The van der Waals surface area contributed by atoms with Crippen molar-refractivity contribution < 1.29 is 9.53 Å². The third-order valence-electron chi connectivity index (χ3n) is 3.73. The number of anilines is 1. The van der Waals surface area contributed by atoms with Crippen molar-refractivity contribution in [3.63, 3.8) is 0 Å². The number of esters is 1. The van der Waals surface area contributed by atoms with Crippen molar-refractivity contribution in [1.82, 2.24) is 0 Å². The lowest BCUT2D eigenvalue weighted by Gasteiger charge is -2.28. The molecule has 1 saturated carbocycles. The molecule has 0 amide bonds. The van der Waals surface area contributed by atoms with Gasteiger partial charge < -0.3 is 15.8 Å². The number of aryl methyl sites for hydroxylation is 1. The number of carbonyl (C=O) groups excluding carboxylic acids is 1. The summed E-state index contributed by atoms with van der Waals surface area (Å²) in [6.07, 6.45) is 4.39. The Kier molecular flexibility index (Phi) is 4.43. The van der Waals surface area contributed by atoms with Crippen molar-refractivity contribution in [2.24, 2.45) is 5.73 Å². The fraction of sp³-hybridized carbons (Fsp3) is 0.533. The molecular formula is C15H22N2O2. The molecule has 4 nitrogen and oxygen atoms in total. The smallest absolute Gasteiger partial charge is 0.337 e. The summed E-state index contributed by atoms with van der Waals surface area (Å²) in [6, 6.07) is 6.28. The normalized spacial score (nSPS) is 22.9. The highest BCUT2D eigenvalue weighted by Gasteiger charge is 2.19. The Morgan fingerprint density at radius 1 is 1.42 bits per heavy atom. The van der Waals surface area contributed by atoms with Crippen molar-refractivity contribution in [2.75, 3.05) is 12.4 Å². The molecule has 19 heavy (non-hydrogen) atoms. The van der Waals surface area contributed by atoms with Gasteiger partial charge in [-0.1, -0.05) is 6.07 Å². The number of ether oxygens (including phenoxy) is 1. The van der Waals surface area contributed by atoms with Gasteiger partial charge in [0.1, 0.15) is 0 Å². The summed E-state index contributed by atoms with van der Waals surface area (Å²) in [7, 11) is 1.40. The summed E-state index contributed by atoms with van der Waals surface area (Å²) in [5.41, 5.74) is 8.71. The average Bonchev–Trinajstić information content (AvgIpc) is 2.40. The number of nitrogens with one attached hydrogen (secondary N) is 1. The molecule has 3 N–H and O–H groups in total. The molecule has 1 aromatic carbocycles. The van der Waals surface area contributed by atoms with E-state index in [9.17, 15) is 4.79 Å². The van der Waals surface area contributed by atoms with Crippen molar-refractivity contribution in [1.29, 1.82) is 0 Å². The maximum Gasteiger partial charge on any atom is 0.337 e. The number of nitrogens with two attached hydrogens (primary N) is 1. The Bertz CT molecular complexity index is 459. The van der Waals surface area contributed by atoms with Crippen molar-refractivity contribution in [3.05, 3.63) is 29.3 Å². The van der Waals surface area contributed by atoms with Gasteiger partial charge in [-0.15, -0.1) is 0 Å². The van der Waals surface area contributed by atoms with Crippen LogP contribution in [0, 0.1) is 6.92 Å². The summed E-state index contributed by atoms with van der Waals surface area (Å²) in [6.45, 7) is 2.03.